The zero-order valence-electron chi connectivity index (χ0n) is 14.2. The van der Waals surface area contributed by atoms with Crippen molar-refractivity contribution in [2.75, 3.05) is 10.6 Å². The summed E-state index contributed by atoms with van der Waals surface area (Å²) in [6.07, 6.45) is -4.41. The fraction of sp³-hybridized carbons (Fsp3) is 0.0526. The number of aromatic nitrogens is 2. The lowest BCUT2D eigenvalue weighted by Gasteiger charge is -2.09. The molecular formula is C19H12F3N5O. The van der Waals surface area contributed by atoms with E-state index >= 15 is 0 Å². The topological polar surface area (TPSA) is 90.7 Å². The molecule has 0 radical (unpaired) electrons. The van der Waals surface area contributed by atoms with E-state index in [-0.39, 0.29) is 11.5 Å². The summed E-state index contributed by atoms with van der Waals surface area (Å²) < 4.78 is 37.7. The number of carbonyl (C=O) groups excluding carboxylic acids is 1. The molecule has 0 saturated carbocycles. The second-order valence-corrected chi connectivity index (χ2v) is 5.62. The van der Waals surface area contributed by atoms with Crippen LogP contribution in [-0.4, -0.2) is 16.1 Å². The number of nitrogens with one attached hydrogen (secondary N) is 2. The van der Waals surface area contributed by atoms with E-state index in [0.29, 0.717) is 16.9 Å². The number of nitrogens with zero attached hydrogens (tertiary/aromatic N) is 3. The van der Waals surface area contributed by atoms with Gasteiger partial charge in [0.25, 0.3) is 5.91 Å². The zero-order chi connectivity index (χ0) is 20.1. The van der Waals surface area contributed by atoms with Gasteiger partial charge in [-0.1, -0.05) is 12.1 Å². The molecule has 140 valence electrons. The van der Waals surface area contributed by atoms with Gasteiger partial charge in [0.05, 0.1) is 16.8 Å². The molecule has 2 N–H and O–H groups in total. The van der Waals surface area contributed by atoms with Crippen molar-refractivity contribution >= 4 is 23.1 Å². The quantitative estimate of drug-likeness (QED) is 0.698. The van der Waals surface area contributed by atoms with Gasteiger partial charge in [-0.15, -0.1) is 10.2 Å². The predicted molar refractivity (Wildman–Crippen MR) is 95.9 cm³/mol. The Bertz CT molecular complexity index is 1030. The molecule has 0 aliphatic carbocycles. The van der Waals surface area contributed by atoms with Crippen LogP contribution in [0.15, 0.2) is 60.7 Å². The molecule has 0 bridgehead atoms. The van der Waals surface area contributed by atoms with E-state index in [0.717, 1.165) is 12.1 Å². The van der Waals surface area contributed by atoms with Crippen LogP contribution in [0, 0.1) is 11.3 Å². The van der Waals surface area contributed by atoms with Crippen LogP contribution in [0.3, 0.4) is 0 Å². The average molecular weight is 383 g/mol. The molecule has 9 heteroatoms. The van der Waals surface area contributed by atoms with E-state index in [1.807, 2.05) is 6.07 Å². The Morgan fingerprint density at radius 2 is 1.68 bits per heavy atom. The van der Waals surface area contributed by atoms with E-state index in [4.69, 9.17) is 5.26 Å². The Morgan fingerprint density at radius 1 is 0.964 bits per heavy atom. The summed E-state index contributed by atoms with van der Waals surface area (Å²) in [6.45, 7) is 0. The number of para-hydroxylation sites is 1. The fourth-order valence-electron chi connectivity index (χ4n) is 2.29. The highest BCUT2D eigenvalue weighted by Gasteiger charge is 2.29. The molecule has 3 aromatic rings. The van der Waals surface area contributed by atoms with Crippen molar-refractivity contribution in [2.45, 2.75) is 6.18 Å². The van der Waals surface area contributed by atoms with Crippen LogP contribution in [0.2, 0.25) is 0 Å². The molecule has 2 aromatic carbocycles. The van der Waals surface area contributed by atoms with Crippen LogP contribution in [0.1, 0.15) is 21.6 Å². The summed E-state index contributed by atoms with van der Waals surface area (Å²) in [4.78, 5) is 12.2. The molecule has 0 atom stereocenters. The highest BCUT2D eigenvalue weighted by Crippen LogP contribution is 2.30. The van der Waals surface area contributed by atoms with E-state index < -0.39 is 17.6 Å². The van der Waals surface area contributed by atoms with Crippen LogP contribution in [0.5, 0.6) is 0 Å². The molecule has 0 aliphatic heterocycles. The van der Waals surface area contributed by atoms with E-state index in [9.17, 15) is 18.0 Å². The second-order valence-electron chi connectivity index (χ2n) is 5.62. The predicted octanol–water partition coefficient (Wildman–Crippen LogP) is 4.36. The van der Waals surface area contributed by atoms with Crippen molar-refractivity contribution in [1.29, 1.82) is 5.26 Å². The summed E-state index contributed by atoms with van der Waals surface area (Å²) in [5.74, 6) is -0.287. The third kappa shape index (κ3) is 4.42. The average Bonchev–Trinajstić information content (AvgIpc) is 2.68. The highest BCUT2D eigenvalue weighted by atomic mass is 19.4. The monoisotopic (exact) mass is 383 g/mol. The molecule has 1 heterocycles. The van der Waals surface area contributed by atoms with Gasteiger partial charge < -0.3 is 10.6 Å². The number of rotatable bonds is 4. The van der Waals surface area contributed by atoms with Crippen LogP contribution < -0.4 is 10.6 Å². The van der Waals surface area contributed by atoms with E-state index in [1.54, 1.807) is 24.3 Å². The first kappa shape index (κ1) is 18.8. The number of hydrogen-bond acceptors (Lipinski definition) is 5. The Balaban J connectivity index is 1.68. The van der Waals surface area contributed by atoms with Crippen LogP contribution in [0.25, 0.3) is 0 Å². The summed E-state index contributed by atoms with van der Waals surface area (Å²) >= 11 is 0. The van der Waals surface area contributed by atoms with Crippen LogP contribution >= 0.6 is 0 Å². The number of carbonyl (C=O) groups is 1. The zero-order valence-corrected chi connectivity index (χ0v) is 14.2. The minimum atomic E-state index is -4.41. The summed E-state index contributed by atoms with van der Waals surface area (Å²) in [6, 6.07) is 15.8. The Morgan fingerprint density at radius 3 is 2.29 bits per heavy atom. The number of anilines is 3. The number of halogens is 3. The molecule has 0 unspecified atom stereocenters. The number of nitriles is 1. The fourth-order valence-corrected chi connectivity index (χ4v) is 2.29. The smallest absolute Gasteiger partial charge is 0.339 e. The summed E-state index contributed by atoms with van der Waals surface area (Å²) in [5, 5.41) is 22.1. The maximum Gasteiger partial charge on any atom is 0.416 e. The van der Waals surface area contributed by atoms with Gasteiger partial charge >= 0.3 is 6.18 Å². The third-order valence-corrected chi connectivity index (χ3v) is 3.68. The van der Waals surface area contributed by atoms with Gasteiger partial charge in [-0.05, 0) is 48.5 Å². The minimum Gasteiger partial charge on any atom is -0.339 e. The largest absolute Gasteiger partial charge is 0.416 e. The van der Waals surface area contributed by atoms with Crippen molar-refractivity contribution in [3.63, 3.8) is 0 Å². The summed E-state index contributed by atoms with van der Waals surface area (Å²) in [5.41, 5.74) is 0.315. The maximum absolute atomic E-state index is 12.6. The molecule has 0 aliphatic rings. The van der Waals surface area contributed by atoms with Crippen molar-refractivity contribution in [2.24, 2.45) is 0 Å². The molecule has 0 fully saturated rings. The minimum absolute atomic E-state index is 0.0192. The molecular weight excluding hydrogens is 371 g/mol. The van der Waals surface area contributed by atoms with E-state index in [1.165, 1.54) is 24.3 Å². The van der Waals surface area contributed by atoms with Gasteiger partial charge in [0.15, 0.2) is 11.5 Å². The molecule has 1 aromatic heterocycles. The molecule has 28 heavy (non-hydrogen) atoms. The van der Waals surface area contributed by atoms with Gasteiger partial charge in [0.2, 0.25) is 0 Å². The molecule has 6 nitrogen and oxygen atoms in total. The normalized spacial score (nSPS) is 10.8. The molecule has 1 amide bonds. The van der Waals surface area contributed by atoms with Crippen molar-refractivity contribution in [1.82, 2.24) is 10.2 Å². The lowest BCUT2D eigenvalue weighted by Crippen LogP contribution is -2.15. The molecule has 0 spiro atoms. The maximum atomic E-state index is 12.6. The van der Waals surface area contributed by atoms with Crippen molar-refractivity contribution in [3.8, 4) is 6.07 Å². The summed E-state index contributed by atoms with van der Waals surface area (Å²) in [7, 11) is 0. The van der Waals surface area contributed by atoms with Gasteiger partial charge in [0.1, 0.15) is 6.07 Å². The number of amides is 1. The van der Waals surface area contributed by atoms with E-state index in [2.05, 4.69) is 20.8 Å². The second kappa shape index (κ2) is 7.75. The first-order valence-corrected chi connectivity index (χ1v) is 7.95. The Hall–Kier alpha value is -3.93. The third-order valence-electron chi connectivity index (χ3n) is 3.68. The first-order valence-electron chi connectivity index (χ1n) is 7.95. The van der Waals surface area contributed by atoms with Gasteiger partial charge in [-0.25, -0.2) is 0 Å². The number of hydrogen-bond donors (Lipinski definition) is 2. The standard InChI is InChI=1S/C19H12F3N5O/c20-19(21,22)13-5-7-14(8-6-13)24-17-10-9-16(26-27-17)18(28)25-15-4-2-1-3-12(15)11-23/h1-10H,(H,24,27)(H,25,28). The van der Waals surface area contributed by atoms with Gasteiger partial charge in [-0.2, -0.15) is 18.4 Å². The number of benzene rings is 2. The van der Waals surface area contributed by atoms with Crippen molar-refractivity contribution < 1.29 is 18.0 Å². The Labute approximate surface area is 157 Å². The lowest BCUT2D eigenvalue weighted by atomic mass is 10.2. The Kier molecular flexibility index (Phi) is 5.22. The van der Waals surface area contributed by atoms with Crippen molar-refractivity contribution in [3.05, 3.63) is 77.5 Å². The lowest BCUT2D eigenvalue weighted by molar-refractivity contribution is -0.137. The van der Waals surface area contributed by atoms with Crippen LogP contribution in [-0.2, 0) is 6.18 Å². The molecule has 3 rings (SSSR count). The van der Waals surface area contributed by atoms with Gasteiger partial charge in [0, 0.05) is 5.69 Å². The number of alkyl halides is 3. The molecule has 0 saturated heterocycles. The first-order chi connectivity index (χ1) is 13.4. The van der Waals surface area contributed by atoms with Gasteiger partial charge in [-0.3, -0.25) is 4.79 Å². The SMILES string of the molecule is N#Cc1ccccc1NC(=O)c1ccc(Nc2ccc(C(F)(F)F)cc2)nn1. The highest BCUT2D eigenvalue weighted by molar-refractivity contribution is 6.03. The van der Waals surface area contributed by atoms with Crippen LogP contribution in [0.4, 0.5) is 30.4 Å².